The fourth-order valence-corrected chi connectivity index (χ4v) is 1.78. The molecule has 1 aromatic rings. The lowest BCUT2D eigenvalue weighted by molar-refractivity contribution is 0.0646. The van der Waals surface area contributed by atoms with Gasteiger partial charge in [-0.05, 0) is 6.07 Å². The molecule has 1 aromatic heterocycles. The molecule has 0 aromatic carbocycles. The van der Waals surface area contributed by atoms with E-state index in [1.807, 2.05) is 4.90 Å². The first-order valence-corrected chi connectivity index (χ1v) is 5.39. The molecular formula is C11H12N2O5. The van der Waals surface area contributed by atoms with Crippen molar-refractivity contribution in [2.45, 2.75) is 0 Å². The van der Waals surface area contributed by atoms with Gasteiger partial charge in [-0.2, -0.15) is 0 Å². The number of nitrogens with zero attached hydrogens (tertiary/aromatic N) is 2. The van der Waals surface area contributed by atoms with E-state index in [4.69, 9.17) is 14.9 Å². The molecule has 7 heteroatoms. The molecule has 0 saturated carbocycles. The van der Waals surface area contributed by atoms with Crippen molar-refractivity contribution in [1.82, 2.24) is 4.98 Å². The minimum atomic E-state index is -1.35. The van der Waals surface area contributed by atoms with E-state index in [1.54, 1.807) is 0 Å². The molecule has 0 spiro atoms. The van der Waals surface area contributed by atoms with Crippen LogP contribution in [0.5, 0.6) is 0 Å². The summed E-state index contributed by atoms with van der Waals surface area (Å²) in [5.41, 5.74) is -0.147. The lowest BCUT2D eigenvalue weighted by atomic mass is 10.1. The van der Waals surface area contributed by atoms with Gasteiger partial charge in [0.25, 0.3) is 0 Å². The second kappa shape index (κ2) is 5.01. The van der Waals surface area contributed by atoms with Crippen LogP contribution in [0.1, 0.15) is 20.8 Å². The third-order valence-corrected chi connectivity index (χ3v) is 2.68. The Morgan fingerprint density at radius 3 is 2.44 bits per heavy atom. The molecule has 1 aliphatic heterocycles. The van der Waals surface area contributed by atoms with Crippen LogP contribution in [-0.2, 0) is 4.74 Å². The molecule has 0 aliphatic carbocycles. The van der Waals surface area contributed by atoms with E-state index in [1.165, 1.54) is 12.3 Å². The third kappa shape index (κ3) is 2.40. The van der Waals surface area contributed by atoms with Crippen LogP contribution in [0, 0.1) is 0 Å². The SMILES string of the molecule is O=C(O)c1cc(N2CCOCC2)cnc1C(=O)O. The highest BCUT2D eigenvalue weighted by Gasteiger charge is 2.20. The molecule has 1 aliphatic rings. The van der Waals surface area contributed by atoms with Crippen molar-refractivity contribution in [1.29, 1.82) is 0 Å². The normalized spacial score (nSPS) is 15.4. The molecule has 0 atom stereocenters. The van der Waals surface area contributed by atoms with Crippen molar-refractivity contribution in [3.8, 4) is 0 Å². The number of pyridine rings is 1. The Morgan fingerprint density at radius 1 is 1.22 bits per heavy atom. The quantitative estimate of drug-likeness (QED) is 0.798. The van der Waals surface area contributed by atoms with Crippen LogP contribution in [0.25, 0.3) is 0 Å². The number of carbonyl (C=O) groups is 2. The average Bonchev–Trinajstić information content (AvgIpc) is 2.39. The Hall–Kier alpha value is -2.15. The number of carboxylic acids is 2. The molecule has 2 rings (SSSR count). The van der Waals surface area contributed by atoms with Gasteiger partial charge in [0, 0.05) is 13.1 Å². The Bertz CT molecular complexity index is 482. The highest BCUT2D eigenvalue weighted by Crippen LogP contribution is 2.18. The first-order chi connectivity index (χ1) is 8.59. The molecule has 96 valence electrons. The molecule has 0 unspecified atom stereocenters. The predicted molar refractivity (Wildman–Crippen MR) is 61.2 cm³/mol. The van der Waals surface area contributed by atoms with Crippen LogP contribution in [0.2, 0.25) is 0 Å². The lowest BCUT2D eigenvalue weighted by Crippen LogP contribution is -2.36. The summed E-state index contributed by atoms with van der Waals surface area (Å²) in [6.45, 7) is 2.38. The lowest BCUT2D eigenvalue weighted by Gasteiger charge is -2.28. The maximum atomic E-state index is 11.0. The van der Waals surface area contributed by atoms with Gasteiger partial charge < -0.3 is 19.8 Å². The molecule has 7 nitrogen and oxygen atoms in total. The van der Waals surface area contributed by atoms with E-state index in [9.17, 15) is 9.59 Å². The summed E-state index contributed by atoms with van der Waals surface area (Å²) in [6, 6.07) is 1.34. The van der Waals surface area contributed by atoms with E-state index < -0.39 is 17.6 Å². The zero-order chi connectivity index (χ0) is 13.1. The van der Waals surface area contributed by atoms with E-state index in [2.05, 4.69) is 4.98 Å². The van der Waals surface area contributed by atoms with Crippen LogP contribution < -0.4 is 4.90 Å². The summed E-state index contributed by atoms with van der Waals surface area (Å²) in [6.07, 6.45) is 1.38. The van der Waals surface area contributed by atoms with Gasteiger partial charge in [0.15, 0.2) is 5.69 Å². The standard InChI is InChI=1S/C11H12N2O5/c14-10(15)8-5-7(6-12-9(8)11(16)17)13-1-3-18-4-2-13/h5-6H,1-4H2,(H,14,15)(H,16,17). The third-order valence-electron chi connectivity index (χ3n) is 2.68. The van der Waals surface area contributed by atoms with Gasteiger partial charge in [-0.25, -0.2) is 14.6 Å². The van der Waals surface area contributed by atoms with Gasteiger partial charge in [0.2, 0.25) is 0 Å². The number of anilines is 1. The summed E-state index contributed by atoms with van der Waals surface area (Å²) in [4.78, 5) is 27.5. The highest BCUT2D eigenvalue weighted by atomic mass is 16.5. The number of hydrogen-bond donors (Lipinski definition) is 2. The molecule has 1 saturated heterocycles. The van der Waals surface area contributed by atoms with E-state index >= 15 is 0 Å². The van der Waals surface area contributed by atoms with Crippen molar-refractivity contribution in [3.05, 3.63) is 23.5 Å². The fourth-order valence-electron chi connectivity index (χ4n) is 1.78. The fraction of sp³-hybridized carbons (Fsp3) is 0.364. The predicted octanol–water partition coefficient (Wildman–Crippen LogP) is 0.315. The van der Waals surface area contributed by atoms with Gasteiger partial charge in [0.1, 0.15) is 0 Å². The zero-order valence-corrected chi connectivity index (χ0v) is 9.50. The zero-order valence-electron chi connectivity index (χ0n) is 9.50. The molecule has 0 amide bonds. The van der Waals surface area contributed by atoms with Crippen molar-refractivity contribution in [2.75, 3.05) is 31.2 Å². The average molecular weight is 252 g/mol. The van der Waals surface area contributed by atoms with Crippen LogP contribution >= 0.6 is 0 Å². The number of hydrogen-bond acceptors (Lipinski definition) is 5. The highest BCUT2D eigenvalue weighted by molar-refractivity contribution is 6.00. The number of aromatic nitrogens is 1. The van der Waals surface area contributed by atoms with Gasteiger partial charge in [0.05, 0.1) is 30.7 Å². The summed E-state index contributed by atoms with van der Waals surface area (Å²) < 4.78 is 5.19. The van der Waals surface area contributed by atoms with Crippen molar-refractivity contribution >= 4 is 17.6 Å². The van der Waals surface area contributed by atoms with Crippen LogP contribution in [0.3, 0.4) is 0 Å². The molecule has 18 heavy (non-hydrogen) atoms. The maximum Gasteiger partial charge on any atom is 0.355 e. The van der Waals surface area contributed by atoms with Gasteiger partial charge in [-0.1, -0.05) is 0 Å². The molecule has 2 heterocycles. The molecule has 2 N–H and O–H groups in total. The van der Waals surface area contributed by atoms with Crippen molar-refractivity contribution < 1.29 is 24.5 Å². The first-order valence-electron chi connectivity index (χ1n) is 5.39. The van der Waals surface area contributed by atoms with E-state index in [-0.39, 0.29) is 5.56 Å². The number of rotatable bonds is 3. The molecule has 1 fully saturated rings. The van der Waals surface area contributed by atoms with Crippen LogP contribution in [-0.4, -0.2) is 53.4 Å². The number of ether oxygens (including phenoxy) is 1. The van der Waals surface area contributed by atoms with Gasteiger partial charge in [-0.15, -0.1) is 0 Å². The Labute approximate surface area is 103 Å². The van der Waals surface area contributed by atoms with Crippen LogP contribution in [0.15, 0.2) is 12.3 Å². The Balaban J connectivity index is 2.36. The van der Waals surface area contributed by atoms with Crippen LogP contribution in [0.4, 0.5) is 5.69 Å². The first kappa shape index (κ1) is 12.3. The Kier molecular flexibility index (Phi) is 3.42. The second-order valence-corrected chi connectivity index (χ2v) is 3.80. The topological polar surface area (TPSA) is 100.0 Å². The van der Waals surface area contributed by atoms with Gasteiger partial charge >= 0.3 is 11.9 Å². The molecule has 0 radical (unpaired) electrons. The number of carboxylic acid groups (broad SMARTS) is 2. The number of aromatic carboxylic acids is 2. The monoisotopic (exact) mass is 252 g/mol. The van der Waals surface area contributed by atoms with E-state index in [0.29, 0.717) is 32.0 Å². The minimum Gasteiger partial charge on any atom is -0.478 e. The minimum absolute atomic E-state index is 0.300. The second-order valence-electron chi connectivity index (χ2n) is 3.80. The summed E-state index contributed by atoms with van der Waals surface area (Å²) in [5, 5.41) is 17.8. The van der Waals surface area contributed by atoms with Crippen molar-refractivity contribution in [3.63, 3.8) is 0 Å². The largest absolute Gasteiger partial charge is 0.478 e. The smallest absolute Gasteiger partial charge is 0.355 e. The number of morpholine rings is 1. The van der Waals surface area contributed by atoms with Crippen molar-refractivity contribution in [2.24, 2.45) is 0 Å². The Morgan fingerprint density at radius 2 is 1.89 bits per heavy atom. The molecular weight excluding hydrogens is 240 g/mol. The molecule has 0 bridgehead atoms. The van der Waals surface area contributed by atoms with E-state index in [0.717, 1.165) is 0 Å². The summed E-state index contributed by atoms with van der Waals surface area (Å²) in [7, 11) is 0. The maximum absolute atomic E-state index is 11.0. The summed E-state index contributed by atoms with van der Waals surface area (Å²) in [5.74, 6) is -2.64. The summed E-state index contributed by atoms with van der Waals surface area (Å²) >= 11 is 0. The van der Waals surface area contributed by atoms with Gasteiger partial charge in [-0.3, -0.25) is 0 Å².